The van der Waals surface area contributed by atoms with Gasteiger partial charge in [0, 0.05) is 32.4 Å². The molecule has 1 saturated heterocycles. The monoisotopic (exact) mass is 458 g/mol. The average Bonchev–Trinajstić information content (AvgIpc) is 2.54. The Hall–Kier alpha value is -0.920. The Labute approximate surface area is 183 Å². The second-order valence-electron chi connectivity index (χ2n) is 8.79. The number of rotatable bonds is 4. The Morgan fingerprint density at radius 2 is 1.77 bits per heavy atom. The standard InChI is InChI=1S/C19H24ClO7P.2CH3/c1-11-3-4-13(7-16(11)25-28(21,22)23)19(24-2)18(26-27-19)14-5-12-6-15(18)10-17(20,8-12)9-14;;/h3-4,7,12,14-15H,5-6,8-10H2,1-2H3,(H2,21,22,23);2*1H3/q;2*+1/p-2. The molecule has 1 aromatic rings. The number of hydrogen-bond donors (Lipinski definition) is 0. The zero-order valence-electron chi connectivity index (χ0n) is 17.7. The number of aryl methyl sites for hydroxylation is 1. The lowest BCUT2D eigenvalue weighted by atomic mass is 9.46. The van der Waals surface area contributed by atoms with E-state index in [0.717, 1.165) is 32.1 Å². The maximum atomic E-state index is 11.1. The van der Waals surface area contributed by atoms with Gasteiger partial charge in [0.1, 0.15) is 13.6 Å². The van der Waals surface area contributed by atoms with Gasteiger partial charge in [0.05, 0.1) is 0 Å². The van der Waals surface area contributed by atoms with Crippen LogP contribution in [0.5, 0.6) is 5.75 Å². The van der Waals surface area contributed by atoms with E-state index in [4.69, 9.17) is 26.1 Å². The first-order valence-electron chi connectivity index (χ1n) is 9.54. The largest absolute Gasteiger partial charge is 0.780 e. The van der Waals surface area contributed by atoms with E-state index >= 15 is 0 Å². The van der Waals surface area contributed by atoms with Crippen LogP contribution in [0.3, 0.4) is 0 Å². The number of methoxy groups -OCH3 is 1. The SMILES string of the molecule is COC1(c2ccc(C)c(OP(=O)([O-])[O-])c2)OOC12C1CC3CC2CC(Cl)(C3)C1.[CH3+].[CH3+]. The summed E-state index contributed by atoms with van der Waals surface area (Å²) in [6.07, 6.45) is 4.72. The van der Waals surface area contributed by atoms with E-state index in [1.165, 1.54) is 6.07 Å². The Bertz CT molecular complexity index is 851. The lowest BCUT2D eigenvalue weighted by Crippen LogP contribution is -2.78. The minimum absolute atomic E-state index is 0. The minimum atomic E-state index is -5.19. The van der Waals surface area contributed by atoms with Gasteiger partial charge in [-0.15, -0.1) is 11.6 Å². The van der Waals surface area contributed by atoms with Crippen molar-refractivity contribution in [3.8, 4) is 5.75 Å². The summed E-state index contributed by atoms with van der Waals surface area (Å²) in [7, 11) is -3.63. The summed E-state index contributed by atoms with van der Waals surface area (Å²) >= 11 is 6.88. The van der Waals surface area contributed by atoms with Crippen LogP contribution in [0.25, 0.3) is 0 Å². The van der Waals surface area contributed by atoms with Crippen LogP contribution in [0.15, 0.2) is 18.2 Å². The molecule has 9 heteroatoms. The van der Waals surface area contributed by atoms with Crippen molar-refractivity contribution in [3.05, 3.63) is 44.2 Å². The number of hydrogen-bond acceptors (Lipinski definition) is 7. The fraction of sp³-hybridized carbons (Fsp3) is 0.619. The number of ether oxygens (including phenoxy) is 1. The normalized spacial score (nSPS) is 41.0. The maximum Gasteiger partial charge on any atom is 0.260 e. The molecule has 0 N–H and O–H groups in total. The third-order valence-electron chi connectivity index (χ3n) is 7.20. The van der Waals surface area contributed by atoms with Gasteiger partial charge in [-0.2, -0.15) is 4.89 Å². The predicted molar refractivity (Wildman–Crippen MR) is 108 cm³/mol. The molecular weight excluding hydrogens is 431 g/mol. The highest BCUT2D eigenvalue weighted by Gasteiger charge is 2.78. The third kappa shape index (κ3) is 3.10. The Morgan fingerprint density at radius 1 is 1.13 bits per heavy atom. The van der Waals surface area contributed by atoms with E-state index < -0.39 is 19.2 Å². The molecule has 4 saturated carbocycles. The number of alkyl halides is 1. The van der Waals surface area contributed by atoms with Crippen molar-refractivity contribution in [3.63, 3.8) is 0 Å². The highest BCUT2D eigenvalue weighted by atomic mass is 35.5. The van der Waals surface area contributed by atoms with Crippen molar-refractivity contribution >= 4 is 19.4 Å². The van der Waals surface area contributed by atoms with Crippen molar-refractivity contribution in [2.75, 3.05) is 7.11 Å². The summed E-state index contributed by atoms with van der Waals surface area (Å²) in [4.78, 5) is 33.6. The smallest absolute Gasteiger partial charge is 0.260 e. The molecule has 1 aromatic carbocycles. The highest BCUT2D eigenvalue weighted by molar-refractivity contribution is 7.43. The second kappa shape index (κ2) is 7.31. The van der Waals surface area contributed by atoms with Crippen molar-refractivity contribution in [1.29, 1.82) is 0 Å². The molecule has 7 nitrogen and oxygen atoms in total. The number of phosphoric ester groups is 1. The van der Waals surface area contributed by atoms with E-state index in [0.29, 0.717) is 17.0 Å². The molecule has 0 amide bonds. The minimum Gasteiger partial charge on any atom is -0.780 e. The molecule has 1 heterocycles. The van der Waals surface area contributed by atoms with E-state index in [2.05, 4.69) is 4.52 Å². The average molecular weight is 459 g/mol. The highest BCUT2D eigenvalue weighted by Crippen LogP contribution is 2.71. The van der Waals surface area contributed by atoms with Gasteiger partial charge in [-0.25, -0.2) is 4.89 Å². The maximum absolute atomic E-state index is 11.1. The number of halogens is 1. The molecule has 1 spiro atoms. The number of phosphoric acid groups is 1. The van der Waals surface area contributed by atoms with Gasteiger partial charge < -0.3 is 23.6 Å². The lowest BCUT2D eigenvalue weighted by Gasteiger charge is -2.70. The van der Waals surface area contributed by atoms with Crippen LogP contribution in [-0.4, -0.2) is 17.6 Å². The van der Waals surface area contributed by atoms with Crippen LogP contribution in [-0.2, 0) is 24.9 Å². The molecule has 4 aliphatic carbocycles. The molecule has 5 fully saturated rings. The zero-order chi connectivity index (χ0) is 19.9. The first kappa shape index (κ1) is 23.7. The summed E-state index contributed by atoms with van der Waals surface area (Å²) < 4.78 is 21.7. The van der Waals surface area contributed by atoms with Gasteiger partial charge in [0.25, 0.3) is 5.79 Å². The first-order chi connectivity index (χ1) is 13.1. The van der Waals surface area contributed by atoms with E-state index in [9.17, 15) is 14.4 Å². The second-order valence-corrected chi connectivity index (χ2v) is 10.7. The molecule has 5 aliphatic rings. The summed E-state index contributed by atoms with van der Waals surface area (Å²) in [6.45, 7) is 1.67. The molecule has 0 radical (unpaired) electrons. The lowest BCUT2D eigenvalue weighted by molar-refractivity contribution is -0.645. The molecule has 4 bridgehead atoms. The molecule has 3 unspecified atom stereocenters. The van der Waals surface area contributed by atoms with Gasteiger partial charge >= 0.3 is 0 Å². The first-order valence-corrected chi connectivity index (χ1v) is 11.4. The molecule has 0 aromatic heterocycles. The molecule has 3 atom stereocenters. The van der Waals surface area contributed by atoms with Gasteiger partial charge in [0.2, 0.25) is 0 Å². The van der Waals surface area contributed by atoms with Gasteiger partial charge in [-0.05, 0) is 68.4 Å². The Kier molecular flexibility index (Phi) is 5.78. The van der Waals surface area contributed by atoms with E-state index in [-0.39, 0.29) is 37.3 Å². The summed E-state index contributed by atoms with van der Waals surface area (Å²) in [6, 6.07) is 5.00. The van der Waals surface area contributed by atoms with Gasteiger partial charge in [-0.1, -0.05) is 12.1 Å². The molecular formula is C21H28ClO7P. The number of benzene rings is 1. The van der Waals surface area contributed by atoms with Crippen LogP contribution in [0.4, 0.5) is 0 Å². The van der Waals surface area contributed by atoms with Gasteiger partial charge in [-0.3, -0.25) is 0 Å². The van der Waals surface area contributed by atoms with Crippen LogP contribution in [0.1, 0.15) is 43.2 Å². The Morgan fingerprint density at radius 3 is 2.23 bits per heavy atom. The molecule has 166 valence electrons. The van der Waals surface area contributed by atoms with Crippen molar-refractivity contribution in [2.45, 2.75) is 55.3 Å². The fourth-order valence-corrected chi connectivity index (χ4v) is 7.40. The Balaban J connectivity index is 0.00000128. The summed E-state index contributed by atoms with van der Waals surface area (Å²) in [5, 5.41) is 0. The van der Waals surface area contributed by atoms with Gasteiger partial charge in [0.15, 0.2) is 5.60 Å². The van der Waals surface area contributed by atoms with Crippen LogP contribution in [0.2, 0.25) is 0 Å². The third-order valence-corrected chi connectivity index (χ3v) is 8.09. The van der Waals surface area contributed by atoms with Crippen molar-refractivity contribution < 1.29 is 33.4 Å². The quantitative estimate of drug-likeness (QED) is 0.295. The molecule has 6 rings (SSSR count). The van der Waals surface area contributed by atoms with Crippen molar-refractivity contribution in [1.82, 2.24) is 0 Å². The summed E-state index contributed by atoms with van der Waals surface area (Å²) in [5.74, 6) is -0.264. The zero-order valence-corrected chi connectivity index (χ0v) is 19.3. The summed E-state index contributed by atoms with van der Waals surface area (Å²) in [5.41, 5.74) is 0.426. The molecule has 30 heavy (non-hydrogen) atoms. The van der Waals surface area contributed by atoms with Crippen LogP contribution in [0, 0.1) is 39.5 Å². The van der Waals surface area contributed by atoms with Crippen LogP contribution < -0.4 is 14.3 Å². The topological polar surface area (TPSA) is 100 Å². The predicted octanol–water partition coefficient (Wildman–Crippen LogP) is 3.42. The van der Waals surface area contributed by atoms with E-state index in [1.54, 1.807) is 26.2 Å². The van der Waals surface area contributed by atoms with Crippen molar-refractivity contribution in [2.24, 2.45) is 17.8 Å². The molecule has 1 aliphatic heterocycles. The fourth-order valence-electron chi connectivity index (χ4n) is 6.37. The van der Waals surface area contributed by atoms with Crippen LogP contribution >= 0.6 is 19.4 Å². The van der Waals surface area contributed by atoms with E-state index in [1.807, 2.05) is 0 Å².